The van der Waals surface area contributed by atoms with Crippen LogP contribution >= 0.6 is 34.8 Å². The third-order valence-electron chi connectivity index (χ3n) is 3.86. The Labute approximate surface area is 177 Å². The first kappa shape index (κ1) is 20.2. The summed E-state index contributed by atoms with van der Waals surface area (Å²) >= 11 is 18.4. The van der Waals surface area contributed by atoms with Gasteiger partial charge in [-0.25, -0.2) is 4.98 Å². The van der Waals surface area contributed by atoms with Crippen molar-refractivity contribution in [1.29, 1.82) is 5.26 Å². The Morgan fingerprint density at radius 3 is 2.32 bits per heavy atom. The van der Waals surface area contributed by atoms with Gasteiger partial charge in [0.1, 0.15) is 18.2 Å². The van der Waals surface area contributed by atoms with Gasteiger partial charge < -0.3 is 4.74 Å². The summed E-state index contributed by atoms with van der Waals surface area (Å²) in [5.74, 6) is -0.116. The fraction of sp³-hybridized carbons (Fsp3) is 0.0952. The SMILES string of the molecule is CC(=O)COc1nc(-c2ccc(Cl)cc2Cl)c(-c2ccc(Cl)cc2)cc1C#N. The minimum absolute atomic E-state index is 0.0661. The summed E-state index contributed by atoms with van der Waals surface area (Å²) in [6.07, 6.45) is 0. The molecule has 0 saturated carbocycles. The lowest BCUT2D eigenvalue weighted by molar-refractivity contribution is -0.119. The van der Waals surface area contributed by atoms with E-state index in [-0.39, 0.29) is 23.8 Å². The van der Waals surface area contributed by atoms with Gasteiger partial charge in [0.15, 0.2) is 5.78 Å². The van der Waals surface area contributed by atoms with Crippen molar-refractivity contribution in [2.75, 3.05) is 6.61 Å². The van der Waals surface area contributed by atoms with Crippen molar-refractivity contribution in [3.8, 4) is 34.3 Å². The van der Waals surface area contributed by atoms with Gasteiger partial charge in [-0.1, -0.05) is 46.9 Å². The zero-order valence-electron chi connectivity index (χ0n) is 14.7. The molecule has 7 heteroatoms. The third-order valence-corrected chi connectivity index (χ3v) is 4.66. The van der Waals surface area contributed by atoms with Crippen LogP contribution in [0.25, 0.3) is 22.4 Å². The number of nitrogens with zero attached hydrogens (tertiary/aromatic N) is 2. The summed E-state index contributed by atoms with van der Waals surface area (Å²) in [6, 6.07) is 15.9. The van der Waals surface area contributed by atoms with Gasteiger partial charge in [0, 0.05) is 21.2 Å². The molecule has 0 saturated heterocycles. The van der Waals surface area contributed by atoms with Crippen LogP contribution in [0.15, 0.2) is 48.5 Å². The van der Waals surface area contributed by atoms with E-state index in [1.54, 1.807) is 36.4 Å². The zero-order valence-corrected chi connectivity index (χ0v) is 16.9. The summed E-state index contributed by atoms with van der Waals surface area (Å²) in [6.45, 7) is 1.21. The van der Waals surface area contributed by atoms with E-state index < -0.39 is 0 Å². The van der Waals surface area contributed by atoms with E-state index in [9.17, 15) is 10.1 Å². The van der Waals surface area contributed by atoms with Crippen molar-refractivity contribution in [2.24, 2.45) is 0 Å². The van der Waals surface area contributed by atoms with Gasteiger partial charge in [0.25, 0.3) is 0 Å². The molecule has 3 aromatic rings. The van der Waals surface area contributed by atoms with E-state index >= 15 is 0 Å². The zero-order chi connectivity index (χ0) is 20.3. The molecule has 0 radical (unpaired) electrons. The standard InChI is InChI=1S/C21H13Cl3N2O2/c1-12(27)11-28-21-14(10-25)8-18(13-2-4-15(22)5-3-13)20(26-21)17-7-6-16(23)9-19(17)24/h2-9H,11H2,1H3. The molecule has 0 aliphatic rings. The second-order valence-corrected chi connectivity index (χ2v) is 7.25. The largest absolute Gasteiger partial charge is 0.469 e. The summed E-state index contributed by atoms with van der Waals surface area (Å²) < 4.78 is 5.45. The number of hydrogen-bond donors (Lipinski definition) is 0. The molecule has 1 heterocycles. The molecule has 0 fully saturated rings. The topological polar surface area (TPSA) is 63.0 Å². The molecule has 28 heavy (non-hydrogen) atoms. The minimum atomic E-state index is -0.185. The number of ketones is 1. The third kappa shape index (κ3) is 4.45. The summed E-state index contributed by atoms with van der Waals surface area (Å²) in [4.78, 5) is 15.8. The molecule has 0 aliphatic carbocycles. The van der Waals surface area contributed by atoms with Gasteiger partial charge in [0.05, 0.1) is 10.7 Å². The van der Waals surface area contributed by atoms with E-state index in [2.05, 4.69) is 11.1 Å². The van der Waals surface area contributed by atoms with E-state index in [0.717, 1.165) is 5.56 Å². The van der Waals surface area contributed by atoms with Crippen LogP contribution in [0.2, 0.25) is 15.1 Å². The predicted molar refractivity (Wildman–Crippen MR) is 111 cm³/mol. The van der Waals surface area contributed by atoms with E-state index in [1.807, 2.05) is 12.1 Å². The van der Waals surface area contributed by atoms with Crippen molar-refractivity contribution in [2.45, 2.75) is 6.92 Å². The van der Waals surface area contributed by atoms with Crippen LogP contribution in [0, 0.1) is 11.3 Å². The van der Waals surface area contributed by atoms with E-state index in [4.69, 9.17) is 39.5 Å². The predicted octanol–water partition coefficient (Wildman–Crippen LogP) is 6.22. The van der Waals surface area contributed by atoms with Crippen LogP contribution in [0.3, 0.4) is 0 Å². The summed E-state index contributed by atoms with van der Waals surface area (Å²) in [5.41, 5.74) is 2.80. The number of ether oxygens (including phenoxy) is 1. The van der Waals surface area contributed by atoms with Gasteiger partial charge in [-0.2, -0.15) is 5.26 Å². The Hall–Kier alpha value is -2.58. The molecule has 0 aliphatic heterocycles. The number of carbonyl (C=O) groups excluding carboxylic acids is 1. The highest BCUT2D eigenvalue weighted by molar-refractivity contribution is 6.36. The van der Waals surface area contributed by atoms with Gasteiger partial charge in [-0.3, -0.25) is 4.79 Å². The average Bonchev–Trinajstić information content (AvgIpc) is 2.66. The number of pyridine rings is 1. The maximum atomic E-state index is 11.3. The number of nitriles is 1. The first-order valence-corrected chi connectivity index (χ1v) is 9.31. The Balaban J connectivity index is 2.25. The monoisotopic (exact) mass is 430 g/mol. The molecular formula is C21H13Cl3N2O2. The van der Waals surface area contributed by atoms with Crippen LogP contribution in [-0.4, -0.2) is 17.4 Å². The molecule has 0 N–H and O–H groups in total. The molecule has 0 unspecified atom stereocenters. The fourth-order valence-corrected chi connectivity index (χ4v) is 3.22. The molecule has 0 amide bonds. The average molecular weight is 432 g/mol. The fourth-order valence-electron chi connectivity index (χ4n) is 2.59. The lowest BCUT2D eigenvalue weighted by atomic mass is 9.97. The highest BCUT2D eigenvalue weighted by Gasteiger charge is 2.18. The second-order valence-electron chi connectivity index (χ2n) is 5.97. The smallest absolute Gasteiger partial charge is 0.232 e. The number of Topliss-reactive ketones (excluding diaryl/α,β-unsaturated/α-hetero) is 1. The van der Waals surface area contributed by atoms with Crippen molar-refractivity contribution >= 4 is 40.6 Å². The van der Waals surface area contributed by atoms with Crippen LogP contribution in [0.4, 0.5) is 0 Å². The van der Waals surface area contributed by atoms with Gasteiger partial charge in [-0.15, -0.1) is 0 Å². The molecule has 1 aromatic heterocycles. The summed E-state index contributed by atoms with van der Waals surface area (Å²) in [5, 5.41) is 11.0. The normalized spacial score (nSPS) is 10.4. The molecular weight excluding hydrogens is 419 g/mol. The van der Waals surface area contributed by atoms with Crippen molar-refractivity contribution in [3.05, 3.63) is 69.2 Å². The van der Waals surface area contributed by atoms with Crippen LogP contribution in [-0.2, 0) is 4.79 Å². The van der Waals surface area contributed by atoms with E-state index in [1.165, 1.54) is 6.92 Å². The van der Waals surface area contributed by atoms with Crippen LogP contribution < -0.4 is 4.74 Å². The molecule has 0 bridgehead atoms. The Morgan fingerprint density at radius 2 is 1.71 bits per heavy atom. The highest BCUT2D eigenvalue weighted by atomic mass is 35.5. The number of aromatic nitrogens is 1. The van der Waals surface area contributed by atoms with Gasteiger partial charge >= 0.3 is 0 Å². The quantitative estimate of drug-likeness (QED) is 0.481. The number of hydrogen-bond acceptors (Lipinski definition) is 4. The molecule has 3 rings (SSSR count). The Kier molecular flexibility index (Phi) is 6.21. The minimum Gasteiger partial charge on any atom is -0.469 e. The van der Waals surface area contributed by atoms with Crippen molar-refractivity contribution in [3.63, 3.8) is 0 Å². The van der Waals surface area contributed by atoms with Gasteiger partial charge in [0.2, 0.25) is 5.88 Å². The van der Waals surface area contributed by atoms with E-state index in [0.29, 0.717) is 31.9 Å². The first-order valence-electron chi connectivity index (χ1n) is 8.17. The molecule has 2 aromatic carbocycles. The lowest BCUT2D eigenvalue weighted by Crippen LogP contribution is -2.09. The maximum Gasteiger partial charge on any atom is 0.232 e. The summed E-state index contributed by atoms with van der Waals surface area (Å²) in [7, 11) is 0. The Morgan fingerprint density at radius 1 is 1.04 bits per heavy atom. The highest BCUT2D eigenvalue weighted by Crippen LogP contribution is 2.38. The number of benzene rings is 2. The molecule has 0 spiro atoms. The Bertz CT molecular complexity index is 1090. The molecule has 4 nitrogen and oxygen atoms in total. The van der Waals surface area contributed by atoms with Gasteiger partial charge in [-0.05, 0) is 48.9 Å². The van der Waals surface area contributed by atoms with Crippen molar-refractivity contribution in [1.82, 2.24) is 4.98 Å². The van der Waals surface area contributed by atoms with Crippen LogP contribution in [0.1, 0.15) is 12.5 Å². The number of halogens is 3. The van der Waals surface area contributed by atoms with Crippen molar-refractivity contribution < 1.29 is 9.53 Å². The first-order chi connectivity index (χ1) is 13.4. The maximum absolute atomic E-state index is 11.3. The molecule has 0 atom stereocenters. The number of rotatable bonds is 5. The lowest BCUT2D eigenvalue weighted by Gasteiger charge is -2.14. The number of carbonyl (C=O) groups is 1. The van der Waals surface area contributed by atoms with Crippen LogP contribution in [0.5, 0.6) is 5.88 Å². The second kappa shape index (κ2) is 8.62. The molecule has 140 valence electrons.